The summed E-state index contributed by atoms with van der Waals surface area (Å²) in [6.07, 6.45) is 2.75. The molecular formula is C19H17NO3. The second-order valence-corrected chi connectivity index (χ2v) is 5.63. The number of carbonyl (C=O) groups is 2. The maximum Gasteiger partial charge on any atom is 0.337 e. The maximum absolute atomic E-state index is 12.0. The molecule has 4 heteroatoms. The molecule has 0 unspecified atom stereocenters. The Bertz CT molecular complexity index is 765. The first-order chi connectivity index (χ1) is 11.1. The molecule has 1 aliphatic carbocycles. The van der Waals surface area contributed by atoms with Gasteiger partial charge in [-0.3, -0.25) is 4.79 Å². The van der Waals surface area contributed by atoms with Crippen LogP contribution in [0.5, 0.6) is 0 Å². The van der Waals surface area contributed by atoms with Gasteiger partial charge in [-0.2, -0.15) is 0 Å². The second kappa shape index (κ2) is 6.48. The van der Waals surface area contributed by atoms with Crippen molar-refractivity contribution in [3.8, 4) is 0 Å². The number of hydrogen-bond acceptors (Lipinski definition) is 3. The lowest BCUT2D eigenvalue weighted by molar-refractivity contribution is -0.115. The van der Waals surface area contributed by atoms with Gasteiger partial charge >= 0.3 is 5.97 Å². The molecule has 2 aromatic carbocycles. The van der Waals surface area contributed by atoms with Crippen molar-refractivity contribution in [1.29, 1.82) is 0 Å². The summed E-state index contributed by atoms with van der Waals surface area (Å²) in [5.74, 6) is -0.816. The van der Waals surface area contributed by atoms with Gasteiger partial charge in [0.2, 0.25) is 0 Å². The van der Waals surface area contributed by atoms with Gasteiger partial charge < -0.3 is 10.4 Å². The molecule has 0 amide bonds. The van der Waals surface area contributed by atoms with Crippen LogP contribution in [0.2, 0.25) is 0 Å². The molecule has 2 N–H and O–H groups in total. The van der Waals surface area contributed by atoms with E-state index in [1.807, 2.05) is 30.3 Å². The van der Waals surface area contributed by atoms with Crippen molar-refractivity contribution in [2.75, 3.05) is 5.32 Å². The minimum Gasteiger partial charge on any atom is -0.478 e. The molecule has 0 fully saturated rings. The molecule has 1 atom stereocenters. The normalized spacial score (nSPS) is 17.5. The number of rotatable bonds is 4. The Labute approximate surface area is 134 Å². The van der Waals surface area contributed by atoms with Gasteiger partial charge in [-0.25, -0.2) is 4.79 Å². The number of carbonyl (C=O) groups excluding carboxylic acids is 1. The lowest BCUT2D eigenvalue weighted by atomic mass is 9.85. The van der Waals surface area contributed by atoms with E-state index in [-0.39, 0.29) is 17.3 Å². The molecule has 1 aliphatic rings. The lowest BCUT2D eigenvalue weighted by Gasteiger charge is -2.24. The molecule has 0 saturated carbocycles. The fourth-order valence-corrected chi connectivity index (χ4v) is 2.89. The highest BCUT2D eigenvalue weighted by molar-refractivity contribution is 5.96. The van der Waals surface area contributed by atoms with Crippen molar-refractivity contribution in [2.24, 2.45) is 0 Å². The van der Waals surface area contributed by atoms with Crippen LogP contribution in [0.4, 0.5) is 5.69 Å². The standard InChI is InChI=1S/C19H17NO3/c21-16-11-14(13-6-2-1-3-7-13)10-15(12-16)20-18-9-5-4-8-17(18)19(22)23/h1-9,12,14,20H,10-11H2,(H,22,23)/t14-/m1/s1. The summed E-state index contributed by atoms with van der Waals surface area (Å²) < 4.78 is 0. The number of nitrogens with one attached hydrogen (secondary N) is 1. The quantitative estimate of drug-likeness (QED) is 0.901. The highest BCUT2D eigenvalue weighted by Gasteiger charge is 2.23. The molecule has 0 heterocycles. The lowest BCUT2D eigenvalue weighted by Crippen LogP contribution is -2.17. The SMILES string of the molecule is O=C1C=C(Nc2ccccc2C(=O)O)C[C@@H](c2ccccc2)C1. The van der Waals surface area contributed by atoms with Crippen molar-refractivity contribution in [2.45, 2.75) is 18.8 Å². The zero-order valence-electron chi connectivity index (χ0n) is 12.5. The highest BCUT2D eigenvalue weighted by atomic mass is 16.4. The van der Waals surface area contributed by atoms with E-state index in [2.05, 4.69) is 5.32 Å². The molecule has 4 nitrogen and oxygen atoms in total. The third kappa shape index (κ3) is 3.48. The number of anilines is 1. The second-order valence-electron chi connectivity index (χ2n) is 5.63. The zero-order valence-corrected chi connectivity index (χ0v) is 12.5. The molecule has 0 aliphatic heterocycles. The van der Waals surface area contributed by atoms with Gasteiger partial charge in [-0.1, -0.05) is 42.5 Å². The van der Waals surface area contributed by atoms with Gasteiger partial charge in [-0.15, -0.1) is 0 Å². The third-order valence-electron chi connectivity index (χ3n) is 3.97. The average molecular weight is 307 g/mol. The Morgan fingerprint density at radius 2 is 1.70 bits per heavy atom. The summed E-state index contributed by atoms with van der Waals surface area (Å²) in [7, 11) is 0. The number of aromatic carboxylic acids is 1. The van der Waals surface area contributed by atoms with E-state index in [1.54, 1.807) is 30.3 Å². The minimum atomic E-state index is -0.990. The van der Waals surface area contributed by atoms with Crippen LogP contribution in [0.1, 0.15) is 34.7 Å². The van der Waals surface area contributed by atoms with Crippen LogP contribution in [0.3, 0.4) is 0 Å². The Kier molecular flexibility index (Phi) is 4.24. The summed E-state index contributed by atoms with van der Waals surface area (Å²) in [4.78, 5) is 23.3. The first kappa shape index (κ1) is 15.0. The highest BCUT2D eigenvalue weighted by Crippen LogP contribution is 2.32. The fourth-order valence-electron chi connectivity index (χ4n) is 2.89. The summed E-state index contributed by atoms with van der Waals surface area (Å²) in [6, 6.07) is 16.6. The van der Waals surface area contributed by atoms with Gasteiger partial charge in [0, 0.05) is 18.2 Å². The van der Waals surface area contributed by atoms with E-state index < -0.39 is 5.97 Å². The third-order valence-corrected chi connectivity index (χ3v) is 3.97. The van der Waals surface area contributed by atoms with Gasteiger partial charge in [0.05, 0.1) is 11.3 Å². The molecule has 0 aromatic heterocycles. The Morgan fingerprint density at radius 3 is 2.43 bits per heavy atom. The van der Waals surface area contributed by atoms with Gasteiger partial charge in [-0.05, 0) is 30.0 Å². The first-order valence-corrected chi connectivity index (χ1v) is 7.51. The Morgan fingerprint density at radius 1 is 1.00 bits per heavy atom. The van der Waals surface area contributed by atoms with E-state index in [0.29, 0.717) is 18.5 Å². The number of ketones is 1. The molecule has 0 saturated heterocycles. The monoisotopic (exact) mass is 307 g/mol. The van der Waals surface area contributed by atoms with Crippen LogP contribution in [0, 0.1) is 0 Å². The van der Waals surface area contributed by atoms with Crippen molar-refractivity contribution >= 4 is 17.4 Å². The molecule has 2 aromatic rings. The smallest absolute Gasteiger partial charge is 0.337 e. The molecule has 0 spiro atoms. The molecule has 0 bridgehead atoms. The molecule has 0 radical (unpaired) electrons. The van der Waals surface area contributed by atoms with E-state index in [9.17, 15) is 14.7 Å². The number of benzene rings is 2. The number of para-hydroxylation sites is 1. The largest absolute Gasteiger partial charge is 0.478 e. The van der Waals surface area contributed by atoms with Crippen LogP contribution in [0.25, 0.3) is 0 Å². The molecular weight excluding hydrogens is 290 g/mol. The van der Waals surface area contributed by atoms with Gasteiger partial charge in [0.25, 0.3) is 0 Å². The van der Waals surface area contributed by atoms with Crippen LogP contribution >= 0.6 is 0 Å². The van der Waals surface area contributed by atoms with E-state index in [4.69, 9.17) is 0 Å². The van der Waals surface area contributed by atoms with Gasteiger partial charge in [0.1, 0.15) is 0 Å². The summed E-state index contributed by atoms with van der Waals surface area (Å²) in [5.41, 5.74) is 2.58. The summed E-state index contributed by atoms with van der Waals surface area (Å²) in [5, 5.41) is 12.4. The van der Waals surface area contributed by atoms with Crippen LogP contribution in [0.15, 0.2) is 66.4 Å². The van der Waals surface area contributed by atoms with Crippen molar-refractivity contribution < 1.29 is 14.7 Å². The van der Waals surface area contributed by atoms with E-state index >= 15 is 0 Å². The average Bonchev–Trinajstić information content (AvgIpc) is 2.55. The number of carboxylic acids is 1. The predicted octanol–water partition coefficient (Wildman–Crippen LogP) is 3.83. The zero-order chi connectivity index (χ0) is 16.2. The van der Waals surface area contributed by atoms with Crippen molar-refractivity contribution in [3.63, 3.8) is 0 Å². The maximum atomic E-state index is 12.0. The Hall–Kier alpha value is -2.88. The van der Waals surface area contributed by atoms with Crippen LogP contribution in [-0.2, 0) is 4.79 Å². The van der Waals surface area contributed by atoms with Crippen molar-refractivity contribution in [3.05, 3.63) is 77.5 Å². The van der Waals surface area contributed by atoms with Crippen LogP contribution < -0.4 is 5.32 Å². The first-order valence-electron chi connectivity index (χ1n) is 7.51. The van der Waals surface area contributed by atoms with E-state index in [1.165, 1.54) is 0 Å². The van der Waals surface area contributed by atoms with Crippen molar-refractivity contribution in [1.82, 2.24) is 0 Å². The fraction of sp³-hybridized carbons (Fsp3) is 0.158. The molecule has 116 valence electrons. The topological polar surface area (TPSA) is 66.4 Å². The number of hydrogen-bond donors (Lipinski definition) is 2. The molecule has 3 rings (SSSR count). The predicted molar refractivity (Wildman–Crippen MR) is 88.5 cm³/mol. The number of allylic oxidation sites excluding steroid dienone is 2. The minimum absolute atomic E-state index is 0.0559. The van der Waals surface area contributed by atoms with Gasteiger partial charge in [0.15, 0.2) is 5.78 Å². The number of carboxylic acid groups (broad SMARTS) is 1. The Balaban J connectivity index is 1.83. The summed E-state index contributed by atoms with van der Waals surface area (Å²) in [6.45, 7) is 0. The van der Waals surface area contributed by atoms with E-state index in [0.717, 1.165) is 11.3 Å². The molecule has 23 heavy (non-hydrogen) atoms. The van der Waals surface area contributed by atoms with Crippen LogP contribution in [-0.4, -0.2) is 16.9 Å². The summed E-state index contributed by atoms with van der Waals surface area (Å²) >= 11 is 0.